The molecule has 1 atom stereocenters. The van der Waals surface area contributed by atoms with E-state index in [-0.39, 0.29) is 6.10 Å². The molecule has 1 aromatic carbocycles. The van der Waals surface area contributed by atoms with E-state index in [2.05, 4.69) is 58.0 Å². The Balaban J connectivity index is 2.80. The van der Waals surface area contributed by atoms with Crippen LogP contribution in [0.15, 0.2) is 30.3 Å². The Morgan fingerprint density at radius 1 is 0.900 bits per heavy atom. The van der Waals surface area contributed by atoms with Crippen LogP contribution in [0, 0.1) is 0 Å². The Morgan fingerprint density at radius 3 is 2.00 bits per heavy atom. The van der Waals surface area contributed by atoms with Crippen molar-refractivity contribution in [1.82, 2.24) is 0 Å². The summed E-state index contributed by atoms with van der Waals surface area (Å²) < 4.78 is 11.0. The molecule has 0 amide bonds. The van der Waals surface area contributed by atoms with Gasteiger partial charge < -0.3 is 0 Å². The van der Waals surface area contributed by atoms with Gasteiger partial charge in [-0.15, -0.1) is 0 Å². The molecule has 2 heteroatoms. The molecule has 0 aromatic heterocycles. The van der Waals surface area contributed by atoms with Crippen molar-refractivity contribution in [3.63, 3.8) is 0 Å². The molecule has 0 saturated heterocycles. The van der Waals surface area contributed by atoms with Crippen molar-refractivity contribution in [3.8, 4) is 0 Å². The molecule has 20 heavy (non-hydrogen) atoms. The van der Waals surface area contributed by atoms with E-state index < -0.39 is 18.8 Å². The zero-order chi connectivity index (χ0) is 14.8. The van der Waals surface area contributed by atoms with Gasteiger partial charge in [0.15, 0.2) is 0 Å². The summed E-state index contributed by atoms with van der Waals surface area (Å²) in [7, 11) is 0. The van der Waals surface area contributed by atoms with Crippen LogP contribution in [0.25, 0.3) is 0 Å². The normalized spacial score (nSPS) is 13.4. The SMILES string of the molecule is CCC[CH2][Sn]([CH2]CC)([CH2]CC)[O]C(C)c1ccccc1. The van der Waals surface area contributed by atoms with Gasteiger partial charge in [-0.1, -0.05) is 0 Å². The first-order chi connectivity index (χ1) is 9.67. The fourth-order valence-electron chi connectivity index (χ4n) is 3.13. The molecule has 1 nitrogen and oxygen atoms in total. The van der Waals surface area contributed by atoms with Gasteiger partial charge in [0.2, 0.25) is 0 Å². The first-order valence-electron chi connectivity index (χ1n) is 8.40. The maximum absolute atomic E-state index is 6.82. The Kier molecular flexibility index (Phi) is 8.86. The average Bonchev–Trinajstić information content (AvgIpc) is 2.46. The molecule has 0 aliphatic carbocycles. The van der Waals surface area contributed by atoms with Gasteiger partial charge in [-0.25, -0.2) is 0 Å². The topological polar surface area (TPSA) is 9.23 Å². The Bertz CT molecular complexity index is 344. The zero-order valence-electron chi connectivity index (χ0n) is 13.8. The molecule has 0 fully saturated rings. The van der Waals surface area contributed by atoms with Crippen molar-refractivity contribution >= 4 is 18.8 Å². The molecule has 0 spiro atoms. The predicted octanol–water partition coefficient (Wildman–Crippen LogP) is 6.33. The van der Waals surface area contributed by atoms with E-state index in [0.717, 1.165) is 0 Å². The third-order valence-electron chi connectivity index (χ3n) is 4.09. The molecule has 1 unspecified atom stereocenters. The molecule has 1 aromatic rings. The zero-order valence-corrected chi connectivity index (χ0v) is 16.7. The second-order valence-electron chi connectivity index (χ2n) is 5.96. The molecule has 114 valence electrons. The van der Waals surface area contributed by atoms with Crippen LogP contribution in [0.4, 0.5) is 0 Å². The summed E-state index contributed by atoms with van der Waals surface area (Å²) in [5.41, 5.74) is 1.34. The third-order valence-corrected chi connectivity index (χ3v) is 18.2. The number of hydrogen-bond donors (Lipinski definition) is 0. The van der Waals surface area contributed by atoms with Crippen LogP contribution in [0.3, 0.4) is 0 Å². The van der Waals surface area contributed by atoms with E-state index >= 15 is 0 Å². The summed E-state index contributed by atoms with van der Waals surface area (Å²) in [4.78, 5) is 0. The average molecular weight is 383 g/mol. The van der Waals surface area contributed by atoms with Crippen molar-refractivity contribution in [2.24, 2.45) is 0 Å². The van der Waals surface area contributed by atoms with Crippen LogP contribution < -0.4 is 0 Å². The summed E-state index contributed by atoms with van der Waals surface area (Å²) in [5.74, 6) is 0. The molecule has 0 heterocycles. The Labute approximate surface area is 130 Å². The minimum atomic E-state index is -2.40. The summed E-state index contributed by atoms with van der Waals surface area (Å²) in [6.45, 7) is 9.20. The first kappa shape index (κ1) is 18.0. The van der Waals surface area contributed by atoms with Crippen molar-refractivity contribution in [2.75, 3.05) is 0 Å². The fourth-order valence-corrected chi connectivity index (χ4v) is 16.9. The van der Waals surface area contributed by atoms with Gasteiger partial charge in [0.25, 0.3) is 0 Å². The van der Waals surface area contributed by atoms with E-state index in [1.54, 1.807) is 0 Å². The summed E-state index contributed by atoms with van der Waals surface area (Å²) in [6, 6.07) is 10.7. The van der Waals surface area contributed by atoms with Crippen LogP contribution in [0.5, 0.6) is 0 Å². The number of hydrogen-bond acceptors (Lipinski definition) is 1. The number of unbranched alkanes of at least 4 members (excludes halogenated alkanes) is 1. The van der Waals surface area contributed by atoms with Gasteiger partial charge in [0.1, 0.15) is 0 Å². The Hall–Kier alpha value is -0.0213. The van der Waals surface area contributed by atoms with E-state index in [1.165, 1.54) is 44.6 Å². The quantitative estimate of drug-likeness (QED) is 0.429. The minimum absolute atomic E-state index is 0.280. The van der Waals surface area contributed by atoms with Gasteiger partial charge in [0, 0.05) is 0 Å². The van der Waals surface area contributed by atoms with E-state index in [1.807, 2.05) is 0 Å². The van der Waals surface area contributed by atoms with Gasteiger partial charge in [-0.05, 0) is 0 Å². The van der Waals surface area contributed by atoms with Gasteiger partial charge in [0.05, 0.1) is 0 Å². The molecular formula is C18H32OSn. The molecule has 0 N–H and O–H groups in total. The van der Waals surface area contributed by atoms with Crippen LogP contribution in [-0.4, -0.2) is 18.8 Å². The predicted molar refractivity (Wildman–Crippen MR) is 91.6 cm³/mol. The summed E-state index contributed by atoms with van der Waals surface area (Å²) in [5, 5.41) is 0. The Morgan fingerprint density at radius 2 is 1.50 bits per heavy atom. The monoisotopic (exact) mass is 384 g/mol. The number of benzene rings is 1. The maximum atomic E-state index is 6.82. The third kappa shape index (κ3) is 5.77. The van der Waals surface area contributed by atoms with Crippen molar-refractivity contribution in [1.29, 1.82) is 0 Å². The van der Waals surface area contributed by atoms with Gasteiger partial charge >= 0.3 is 131 Å². The number of rotatable bonds is 10. The second-order valence-corrected chi connectivity index (χ2v) is 17.7. The summed E-state index contributed by atoms with van der Waals surface area (Å²) >= 11 is -2.40. The van der Waals surface area contributed by atoms with Crippen LogP contribution in [0.2, 0.25) is 13.3 Å². The molecule has 0 bridgehead atoms. The second kappa shape index (κ2) is 9.83. The molecule has 0 aliphatic rings. The standard InChI is InChI=1S/C8H9O.C4H9.2C3H7.Sn/c1-7(9)8-5-3-2-4-6-8;1-3-4-2;2*1-3-2;/h2-7H,1H3;1,3-4H2,2H3;2*1,3H2,2H3;/q-1;;;;+1. The molecule has 0 radical (unpaired) electrons. The van der Waals surface area contributed by atoms with Crippen molar-refractivity contribution < 1.29 is 3.07 Å². The van der Waals surface area contributed by atoms with E-state index in [0.29, 0.717) is 0 Å². The van der Waals surface area contributed by atoms with Crippen molar-refractivity contribution in [2.45, 2.75) is 72.8 Å². The van der Waals surface area contributed by atoms with Crippen LogP contribution in [0.1, 0.15) is 65.0 Å². The van der Waals surface area contributed by atoms with E-state index in [4.69, 9.17) is 3.07 Å². The van der Waals surface area contributed by atoms with Crippen molar-refractivity contribution in [3.05, 3.63) is 35.9 Å². The molecule has 1 rings (SSSR count). The molecule has 0 saturated carbocycles. The van der Waals surface area contributed by atoms with Crippen LogP contribution >= 0.6 is 0 Å². The van der Waals surface area contributed by atoms with Gasteiger partial charge in [-0.2, -0.15) is 0 Å². The van der Waals surface area contributed by atoms with Crippen LogP contribution in [-0.2, 0) is 3.07 Å². The van der Waals surface area contributed by atoms with E-state index in [9.17, 15) is 0 Å². The first-order valence-corrected chi connectivity index (χ1v) is 15.6. The molecule has 0 aliphatic heterocycles. The summed E-state index contributed by atoms with van der Waals surface area (Å²) in [6.07, 6.45) is 5.52. The fraction of sp³-hybridized carbons (Fsp3) is 0.667. The van der Waals surface area contributed by atoms with Gasteiger partial charge in [-0.3, -0.25) is 0 Å². The molecular weight excluding hydrogens is 351 g/mol.